The zero-order chi connectivity index (χ0) is 12.1. The molecular weight excluding hydrogens is 208 g/mol. The lowest BCUT2D eigenvalue weighted by Gasteiger charge is -2.26. The summed E-state index contributed by atoms with van der Waals surface area (Å²) in [4.78, 5) is 4.10. The van der Waals surface area contributed by atoms with Crippen molar-refractivity contribution in [3.8, 4) is 0 Å². The van der Waals surface area contributed by atoms with Crippen molar-refractivity contribution >= 4 is 0 Å². The monoisotopic (exact) mass is 232 g/mol. The van der Waals surface area contributed by atoms with E-state index in [1.807, 2.05) is 12.4 Å². The van der Waals surface area contributed by atoms with Gasteiger partial charge in [-0.05, 0) is 43.0 Å². The minimum Gasteiger partial charge on any atom is -0.316 e. The van der Waals surface area contributed by atoms with E-state index in [2.05, 4.69) is 36.4 Å². The van der Waals surface area contributed by atoms with Gasteiger partial charge in [-0.25, -0.2) is 0 Å². The van der Waals surface area contributed by atoms with Gasteiger partial charge in [0.2, 0.25) is 0 Å². The van der Waals surface area contributed by atoms with E-state index in [1.165, 1.54) is 37.7 Å². The minimum atomic E-state index is 0.573. The highest BCUT2D eigenvalue weighted by molar-refractivity contribution is 5.17. The number of nitrogens with one attached hydrogen (secondary N) is 1. The molecule has 1 fully saturated rings. The van der Waals surface area contributed by atoms with Gasteiger partial charge < -0.3 is 5.32 Å². The first-order chi connectivity index (χ1) is 8.31. The lowest BCUT2D eigenvalue weighted by Crippen LogP contribution is -2.32. The lowest BCUT2D eigenvalue weighted by atomic mass is 9.87. The minimum absolute atomic E-state index is 0.573. The fourth-order valence-electron chi connectivity index (χ4n) is 3.08. The average Bonchev–Trinajstić information content (AvgIpc) is 2.89. The summed E-state index contributed by atoms with van der Waals surface area (Å²) in [5.74, 6) is 1.51. The van der Waals surface area contributed by atoms with Crippen LogP contribution in [0.4, 0.5) is 0 Å². The van der Waals surface area contributed by atoms with E-state index < -0.39 is 0 Å². The Morgan fingerprint density at radius 1 is 1.29 bits per heavy atom. The second kappa shape index (κ2) is 6.15. The molecule has 1 heterocycles. The maximum Gasteiger partial charge on any atom is 0.0270 e. The fraction of sp³-hybridized carbons (Fsp3) is 0.667. The molecule has 0 spiro atoms. The van der Waals surface area contributed by atoms with Gasteiger partial charge in [0.1, 0.15) is 0 Å². The Bertz CT molecular complexity index is 317. The Morgan fingerprint density at radius 2 is 1.94 bits per heavy atom. The summed E-state index contributed by atoms with van der Waals surface area (Å²) >= 11 is 0. The zero-order valence-corrected chi connectivity index (χ0v) is 11.0. The molecule has 2 rings (SSSR count). The number of hydrogen-bond acceptors (Lipinski definition) is 2. The van der Waals surface area contributed by atoms with Crippen molar-refractivity contribution in [2.24, 2.45) is 5.92 Å². The fourth-order valence-corrected chi connectivity index (χ4v) is 3.08. The SMILES string of the molecule is CNC(CC1CCCC1)C(C)c1ccncc1. The van der Waals surface area contributed by atoms with Crippen molar-refractivity contribution < 1.29 is 0 Å². The molecule has 1 aromatic rings. The second-order valence-corrected chi connectivity index (χ2v) is 5.35. The van der Waals surface area contributed by atoms with Crippen LogP contribution in [0, 0.1) is 5.92 Å². The van der Waals surface area contributed by atoms with Crippen LogP contribution in [-0.4, -0.2) is 18.1 Å². The number of aromatic nitrogens is 1. The van der Waals surface area contributed by atoms with E-state index in [9.17, 15) is 0 Å². The standard InChI is InChI=1S/C15H24N2/c1-12(14-7-9-17-10-8-14)15(16-2)11-13-5-3-4-6-13/h7-10,12-13,15-16H,3-6,11H2,1-2H3. The van der Waals surface area contributed by atoms with Gasteiger partial charge in [-0.15, -0.1) is 0 Å². The van der Waals surface area contributed by atoms with Crippen molar-refractivity contribution in [3.63, 3.8) is 0 Å². The summed E-state index contributed by atoms with van der Waals surface area (Å²) < 4.78 is 0. The highest BCUT2D eigenvalue weighted by Gasteiger charge is 2.23. The quantitative estimate of drug-likeness (QED) is 0.842. The normalized spacial score (nSPS) is 20.4. The van der Waals surface area contributed by atoms with Crippen LogP contribution < -0.4 is 5.32 Å². The maximum absolute atomic E-state index is 4.10. The molecule has 0 amide bonds. The van der Waals surface area contributed by atoms with Gasteiger partial charge in [-0.1, -0.05) is 32.6 Å². The molecular formula is C15H24N2. The zero-order valence-electron chi connectivity index (χ0n) is 11.0. The Labute approximate surface area is 105 Å². The third-order valence-electron chi connectivity index (χ3n) is 4.27. The van der Waals surface area contributed by atoms with Crippen LogP contribution in [0.3, 0.4) is 0 Å². The van der Waals surface area contributed by atoms with Crippen LogP contribution in [0.5, 0.6) is 0 Å². The van der Waals surface area contributed by atoms with Gasteiger partial charge in [0.25, 0.3) is 0 Å². The van der Waals surface area contributed by atoms with Gasteiger partial charge in [0, 0.05) is 18.4 Å². The van der Waals surface area contributed by atoms with Crippen molar-refractivity contribution in [2.45, 2.75) is 51.0 Å². The van der Waals surface area contributed by atoms with E-state index in [0.29, 0.717) is 12.0 Å². The molecule has 0 aliphatic heterocycles. The molecule has 0 radical (unpaired) electrons. The molecule has 1 N–H and O–H groups in total. The highest BCUT2D eigenvalue weighted by Crippen LogP contribution is 2.32. The largest absolute Gasteiger partial charge is 0.316 e. The molecule has 0 saturated heterocycles. The van der Waals surface area contributed by atoms with Crippen molar-refractivity contribution in [3.05, 3.63) is 30.1 Å². The Kier molecular flexibility index (Phi) is 4.55. The van der Waals surface area contributed by atoms with Crippen LogP contribution in [0.1, 0.15) is 50.5 Å². The molecule has 2 nitrogen and oxygen atoms in total. The molecule has 0 aromatic carbocycles. The van der Waals surface area contributed by atoms with E-state index in [1.54, 1.807) is 0 Å². The van der Waals surface area contributed by atoms with Crippen LogP contribution in [-0.2, 0) is 0 Å². The Balaban J connectivity index is 1.97. The van der Waals surface area contributed by atoms with Gasteiger partial charge in [-0.2, -0.15) is 0 Å². The second-order valence-electron chi connectivity index (χ2n) is 5.35. The number of likely N-dealkylation sites (N-methyl/N-ethyl adjacent to an activating group) is 1. The van der Waals surface area contributed by atoms with Crippen molar-refractivity contribution in [2.75, 3.05) is 7.05 Å². The van der Waals surface area contributed by atoms with Crippen LogP contribution in [0.25, 0.3) is 0 Å². The average molecular weight is 232 g/mol. The van der Waals surface area contributed by atoms with Gasteiger partial charge in [0.15, 0.2) is 0 Å². The van der Waals surface area contributed by atoms with E-state index in [-0.39, 0.29) is 0 Å². The number of nitrogens with zero attached hydrogens (tertiary/aromatic N) is 1. The van der Waals surface area contributed by atoms with Crippen molar-refractivity contribution in [1.29, 1.82) is 0 Å². The van der Waals surface area contributed by atoms with Crippen molar-refractivity contribution in [1.82, 2.24) is 10.3 Å². The molecule has 17 heavy (non-hydrogen) atoms. The molecule has 2 heteroatoms. The summed E-state index contributed by atoms with van der Waals surface area (Å²) in [7, 11) is 2.09. The maximum atomic E-state index is 4.10. The lowest BCUT2D eigenvalue weighted by molar-refractivity contribution is 0.369. The van der Waals surface area contributed by atoms with Gasteiger partial charge >= 0.3 is 0 Å². The van der Waals surface area contributed by atoms with Gasteiger partial charge in [0.05, 0.1) is 0 Å². The first-order valence-corrected chi connectivity index (χ1v) is 6.88. The Hall–Kier alpha value is -0.890. The van der Waals surface area contributed by atoms with E-state index in [0.717, 1.165) is 5.92 Å². The summed E-state index contributed by atoms with van der Waals surface area (Å²) in [6.45, 7) is 2.32. The highest BCUT2D eigenvalue weighted by atomic mass is 14.9. The molecule has 1 aliphatic carbocycles. The molecule has 2 unspecified atom stereocenters. The smallest absolute Gasteiger partial charge is 0.0270 e. The summed E-state index contributed by atoms with van der Waals surface area (Å²) in [5.41, 5.74) is 1.40. The first-order valence-electron chi connectivity index (χ1n) is 6.88. The van der Waals surface area contributed by atoms with Crippen LogP contribution in [0.15, 0.2) is 24.5 Å². The van der Waals surface area contributed by atoms with E-state index in [4.69, 9.17) is 0 Å². The molecule has 1 saturated carbocycles. The third-order valence-corrected chi connectivity index (χ3v) is 4.27. The Morgan fingerprint density at radius 3 is 2.53 bits per heavy atom. The number of hydrogen-bond donors (Lipinski definition) is 1. The summed E-state index contributed by atoms with van der Waals surface area (Å²) in [6, 6.07) is 4.88. The predicted molar refractivity (Wildman–Crippen MR) is 72.1 cm³/mol. The number of pyridine rings is 1. The molecule has 1 aromatic heterocycles. The molecule has 0 bridgehead atoms. The first kappa shape index (κ1) is 12.6. The summed E-state index contributed by atoms with van der Waals surface area (Å²) in [6.07, 6.45) is 10.8. The topological polar surface area (TPSA) is 24.9 Å². The van der Waals surface area contributed by atoms with E-state index >= 15 is 0 Å². The summed E-state index contributed by atoms with van der Waals surface area (Å²) in [5, 5.41) is 3.51. The predicted octanol–water partition coefficient (Wildman–Crippen LogP) is 3.35. The molecule has 1 aliphatic rings. The number of rotatable bonds is 5. The third kappa shape index (κ3) is 3.29. The molecule has 2 atom stereocenters. The van der Waals surface area contributed by atoms with Crippen LogP contribution in [0.2, 0.25) is 0 Å². The molecule has 94 valence electrons. The van der Waals surface area contributed by atoms with Gasteiger partial charge in [-0.3, -0.25) is 4.98 Å². The van der Waals surface area contributed by atoms with Crippen LogP contribution >= 0.6 is 0 Å².